The number of halogens is 3. The first-order valence-electron chi connectivity index (χ1n) is 12.2. The maximum atomic E-state index is 13.9. The van der Waals surface area contributed by atoms with Crippen LogP contribution in [0.3, 0.4) is 0 Å². The summed E-state index contributed by atoms with van der Waals surface area (Å²) in [5.41, 5.74) is 9.93. The topological polar surface area (TPSA) is 63.4 Å². The van der Waals surface area contributed by atoms with Gasteiger partial charge in [0.15, 0.2) is 9.84 Å². The van der Waals surface area contributed by atoms with Crippen LogP contribution in [0.5, 0.6) is 0 Å². The van der Waals surface area contributed by atoms with Gasteiger partial charge in [-0.3, -0.25) is 4.90 Å². The Kier molecular flexibility index (Phi) is 7.91. The molecule has 1 aliphatic rings. The standard InChI is InChI=1S/C29H31ClF2N2O2S/c1-4-29(33,5-2)23-10-6-19(7-11-23)27(20-8-12-24(30)13-9-20)34-17-22(18-34)28(37(3,35)36)21-14-25(31)16-26(32)15-21/h6-16,27H,4-5,17-18,33H2,1-3H3/t27-/m1/s1. The Morgan fingerprint density at radius 2 is 1.43 bits per heavy atom. The third kappa shape index (κ3) is 5.80. The van der Waals surface area contributed by atoms with Crippen LogP contribution in [-0.4, -0.2) is 32.7 Å². The zero-order valence-electron chi connectivity index (χ0n) is 21.1. The van der Waals surface area contributed by atoms with E-state index in [0.717, 1.165) is 54.0 Å². The van der Waals surface area contributed by atoms with Crippen LogP contribution < -0.4 is 5.73 Å². The van der Waals surface area contributed by atoms with Crippen molar-refractivity contribution in [3.63, 3.8) is 0 Å². The molecule has 1 aliphatic heterocycles. The van der Waals surface area contributed by atoms with Gasteiger partial charge in [-0.15, -0.1) is 0 Å². The summed E-state index contributed by atoms with van der Waals surface area (Å²) in [6.07, 6.45) is 2.70. The normalized spacial score (nSPS) is 15.4. The monoisotopic (exact) mass is 544 g/mol. The Morgan fingerprint density at radius 1 is 0.946 bits per heavy atom. The summed E-state index contributed by atoms with van der Waals surface area (Å²) in [6, 6.07) is 18.5. The van der Waals surface area contributed by atoms with Crippen LogP contribution in [0.1, 0.15) is 55.0 Å². The highest BCUT2D eigenvalue weighted by molar-refractivity contribution is 8.00. The van der Waals surface area contributed by atoms with E-state index in [4.69, 9.17) is 17.3 Å². The third-order valence-corrected chi connectivity index (χ3v) is 8.74. The molecule has 1 saturated heterocycles. The van der Waals surface area contributed by atoms with Crippen LogP contribution in [0, 0.1) is 11.6 Å². The fraction of sp³-hybridized carbons (Fsp3) is 0.310. The van der Waals surface area contributed by atoms with E-state index >= 15 is 0 Å². The zero-order valence-corrected chi connectivity index (χ0v) is 22.7. The summed E-state index contributed by atoms with van der Waals surface area (Å²) < 4.78 is 53.2. The summed E-state index contributed by atoms with van der Waals surface area (Å²) in [4.78, 5) is 2.11. The van der Waals surface area contributed by atoms with E-state index in [-0.39, 0.29) is 16.5 Å². The lowest BCUT2D eigenvalue weighted by atomic mass is 9.84. The zero-order chi connectivity index (χ0) is 27.0. The quantitative estimate of drug-likeness (QED) is 0.354. The summed E-state index contributed by atoms with van der Waals surface area (Å²) in [6.45, 7) is 4.82. The van der Waals surface area contributed by atoms with Crippen LogP contribution in [0.15, 0.2) is 72.3 Å². The molecule has 1 heterocycles. The molecule has 4 nitrogen and oxygen atoms in total. The molecule has 2 N–H and O–H groups in total. The molecule has 3 aromatic carbocycles. The molecular formula is C29H31ClF2N2O2S. The molecule has 8 heteroatoms. The van der Waals surface area contributed by atoms with E-state index in [0.29, 0.717) is 23.7 Å². The summed E-state index contributed by atoms with van der Waals surface area (Å²) in [5.74, 6) is -1.63. The highest BCUT2D eigenvalue weighted by Gasteiger charge is 2.35. The van der Waals surface area contributed by atoms with Gasteiger partial charge in [-0.1, -0.05) is 61.8 Å². The molecule has 196 valence electrons. The van der Waals surface area contributed by atoms with E-state index in [1.165, 1.54) is 0 Å². The average molecular weight is 545 g/mol. The number of nitrogens with two attached hydrogens (primary N) is 1. The predicted octanol–water partition coefficient (Wildman–Crippen LogP) is 6.45. The molecule has 0 spiro atoms. The van der Waals surface area contributed by atoms with Gasteiger partial charge in [0.1, 0.15) is 11.6 Å². The first kappa shape index (κ1) is 27.5. The first-order valence-corrected chi connectivity index (χ1v) is 14.5. The van der Waals surface area contributed by atoms with E-state index < -0.39 is 27.0 Å². The number of benzene rings is 3. The van der Waals surface area contributed by atoms with Crippen LogP contribution in [0.2, 0.25) is 5.02 Å². The summed E-state index contributed by atoms with van der Waals surface area (Å²) >= 11 is 6.14. The number of hydrogen-bond donors (Lipinski definition) is 1. The molecule has 0 amide bonds. The van der Waals surface area contributed by atoms with Crippen molar-refractivity contribution in [2.45, 2.75) is 38.3 Å². The second kappa shape index (κ2) is 10.7. The molecule has 0 radical (unpaired) electrons. The molecule has 1 atom stereocenters. The van der Waals surface area contributed by atoms with Crippen LogP contribution in [-0.2, 0) is 15.4 Å². The Bertz CT molecular complexity index is 1390. The highest BCUT2D eigenvalue weighted by Crippen LogP contribution is 2.39. The lowest BCUT2D eigenvalue weighted by molar-refractivity contribution is 0.203. The van der Waals surface area contributed by atoms with Crippen molar-refractivity contribution in [1.82, 2.24) is 4.90 Å². The summed E-state index contributed by atoms with van der Waals surface area (Å²) in [7, 11) is -3.74. The molecule has 0 aliphatic carbocycles. The lowest BCUT2D eigenvalue weighted by Crippen LogP contribution is -2.44. The number of nitrogens with zero attached hydrogens (tertiary/aromatic N) is 1. The summed E-state index contributed by atoms with van der Waals surface area (Å²) in [5, 5.41) is 0.619. The average Bonchev–Trinajstić information content (AvgIpc) is 2.82. The van der Waals surface area contributed by atoms with Gasteiger partial charge < -0.3 is 5.73 Å². The van der Waals surface area contributed by atoms with Gasteiger partial charge in [-0.2, -0.15) is 0 Å². The predicted molar refractivity (Wildman–Crippen MR) is 146 cm³/mol. The largest absolute Gasteiger partial charge is 0.321 e. The van der Waals surface area contributed by atoms with Crippen molar-refractivity contribution in [2.75, 3.05) is 19.3 Å². The van der Waals surface area contributed by atoms with Gasteiger partial charge in [0.25, 0.3) is 0 Å². The second-order valence-corrected chi connectivity index (χ2v) is 12.1. The Morgan fingerprint density at radius 3 is 1.89 bits per heavy atom. The van der Waals surface area contributed by atoms with Gasteiger partial charge in [0.2, 0.25) is 0 Å². The van der Waals surface area contributed by atoms with E-state index in [1.807, 2.05) is 24.3 Å². The van der Waals surface area contributed by atoms with Gasteiger partial charge in [-0.25, -0.2) is 17.2 Å². The second-order valence-electron chi connectivity index (χ2n) is 9.71. The van der Waals surface area contributed by atoms with Crippen LogP contribution in [0.25, 0.3) is 4.91 Å². The molecule has 0 saturated carbocycles. The molecule has 1 fully saturated rings. The van der Waals surface area contributed by atoms with Gasteiger partial charge >= 0.3 is 0 Å². The van der Waals surface area contributed by atoms with E-state index in [9.17, 15) is 17.2 Å². The van der Waals surface area contributed by atoms with Crippen molar-refractivity contribution in [3.8, 4) is 0 Å². The minimum Gasteiger partial charge on any atom is -0.321 e. The number of rotatable bonds is 8. The number of hydrogen-bond acceptors (Lipinski definition) is 4. The first-order chi connectivity index (χ1) is 17.4. The third-order valence-electron chi connectivity index (χ3n) is 7.22. The maximum Gasteiger partial charge on any atom is 0.176 e. The maximum absolute atomic E-state index is 13.9. The van der Waals surface area contributed by atoms with Crippen molar-refractivity contribution in [2.24, 2.45) is 5.73 Å². The Hall–Kier alpha value is -2.58. The Labute approximate surface area is 222 Å². The molecule has 0 aromatic heterocycles. The Balaban J connectivity index is 1.73. The van der Waals surface area contributed by atoms with Crippen LogP contribution in [0.4, 0.5) is 8.78 Å². The van der Waals surface area contributed by atoms with Crippen molar-refractivity contribution in [3.05, 3.63) is 111 Å². The molecule has 37 heavy (non-hydrogen) atoms. The minimum absolute atomic E-state index is 0.0221. The highest BCUT2D eigenvalue weighted by atomic mass is 35.5. The lowest BCUT2D eigenvalue weighted by Gasteiger charge is -2.42. The van der Waals surface area contributed by atoms with Crippen molar-refractivity contribution >= 4 is 26.3 Å². The number of sulfone groups is 1. The van der Waals surface area contributed by atoms with E-state index in [1.54, 1.807) is 0 Å². The fourth-order valence-electron chi connectivity index (χ4n) is 5.05. The SMILES string of the molecule is CCC(N)(CC)c1ccc([C@H](c2ccc(Cl)cc2)N2CC(=C(c3cc(F)cc(F)c3)S(C)(=O)=O)C2)cc1. The molecular weight excluding hydrogens is 514 g/mol. The van der Waals surface area contributed by atoms with Gasteiger partial charge in [0.05, 0.1) is 10.9 Å². The fourth-order valence-corrected chi connectivity index (χ4v) is 6.38. The minimum atomic E-state index is -3.74. The van der Waals surface area contributed by atoms with Gasteiger partial charge in [0, 0.05) is 36.0 Å². The molecule has 3 aromatic rings. The number of likely N-dealkylation sites (tertiary alicyclic amines) is 1. The van der Waals surface area contributed by atoms with Crippen molar-refractivity contribution < 1.29 is 17.2 Å². The van der Waals surface area contributed by atoms with Crippen LogP contribution >= 0.6 is 11.6 Å². The van der Waals surface area contributed by atoms with E-state index in [2.05, 4.69) is 43.0 Å². The van der Waals surface area contributed by atoms with Crippen molar-refractivity contribution in [1.29, 1.82) is 0 Å². The molecule has 0 unspecified atom stereocenters. The molecule has 0 bridgehead atoms. The smallest absolute Gasteiger partial charge is 0.176 e. The van der Waals surface area contributed by atoms with Gasteiger partial charge in [-0.05, 0) is 64.9 Å². The molecule has 4 rings (SSSR count).